The highest BCUT2D eigenvalue weighted by atomic mass is 14.5. The van der Waals surface area contributed by atoms with Gasteiger partial charge in [0.1, 0.15) is 0 Å². The summed E-state index contributed by atoms with van der Waals surface area (Å²) in [7, 11) is 0. The molecule has 2 N–H and O–H groups in total. The number of nitrogens with two attached hydrogens (primary N) is 1. The van der Waals surface area contributed by atoms with Gasteiger partial charge in [0.2, 0.25) is 0 Å². The van der Waals surface area contributed by atoms with Crippen molar-refractivity contribution in [1.82, 2.24) is 0 Å². The van der Waals surface area contributed by atoms with Crippen LogP contribution in [0.25, 0.3) is 0 Å². The van der Waals surface area contributed by atoms with Gasteiger partial charge >= 0.3 is 0 Å². The van der Waals surface area contributed by atoms with E-state index in [1.54, 1.807) is 0 Å². The Morgan fingerprint density at radius 1 is 0.962 bits per heavy atom. The van der Waals surface area contributed by atoms with Crippen LogP contribution >= 0.6 is 0 Å². The van der Waals surface area contributed by atoms with E-state index < -0.39 is 0 Å². The number of benzene rings is 2. The van der Waals surface area contributed by atoms with Crippen LogP contribution in [0.4, 0.5) is 0 Å². The third-order valence-corrected chi connectivity index (χ3v) is 4.67. The molecule has 0 amide bonds. The Balaban J connectivity index is 0.000000758. The molecule has 0 radical (unpaired) electrons. The number of rotatable bonds is 6. The molecule has 2 aromatic carbocycles. The lowest BCUT2D eigenvalue weighted by atomic mass is 9.89. The van der Waals surface area contributed by atoms with E-state index in [0.717, 1.165) is 19.3 Å². The molecule has 0 saturated carbocycles. The summed E-state index contributed by atoms with van der Waals surface area (Å²) in [5.41, 5.74) is 10.4. The van der Waals surface area contributed by atoms with Gasteiger partial charge in [-0.05, 0) is 48.6 Å². The van der Waals surface area contributed by atoms with Crippen molar-refractivity contribution in [3.63, 3.8) is 0 Å². The minimum atomic E-state index is 0.549. The fraction of sp³-hybridized carbons (Fsp3) is 0.280. The molecule has 1 atom stereocenters. The maximum atomic E-state index is 4.61. The monoisotopic (exact) mass is 345 g/mol. The largest absolute Gasteiger partial charge is 0.405 e. The van der Waals surface area contributed by atoms with Crippen LogP contribution in [-0.4, -0.2) is 0 Å². The summed E-state index contributed by atoms with van der Waals surface area (Å²) >= 11 is 0. The Labute approximate surface area is 159 Å². The number of aryl methyl sites for hydroxylation is 2. The normalized spacial score (nSPS) is 15.6. The minimum absolute atomic E-state index is 0.549. The van der Waals surface area contributed by atoms with E-state index in [-0.39, 0.29) is 0 Å². The standard InChI is InChI=1S/C23H26.C2H5N/c1-2-6-19-9-11-20(12-10-19)13-14-21-15-17-23(18-16-21)22-7-4-3-5-8-22;1-2-3/h3-5,7-12,15-17,23H,2,6,13-14,18H2,1H3;2H,1,3H2. The van der Waals surface area contributed by atoms with Crippen molar-refractivity contribution in [2.24, 2.45) is 5.73 Å². The molecule has 0 saturated heterocycles. The molecule has 26 heavy (non-hydrogen) atoms. The van der Waals surface area contributed by atoms with Crippen molar-refractivity contribution in [1.29, 1.82) is 0 Å². The first-order valence-electron chi connectivity index (χ1n) is 9.59. The Bertz CT molecular complexity index is 708. The second-order valence-electron chi connectivity index (χ2n) is 6.69. The Kier molecular flexibility index (Phi) is 8.48. The van der Waals surface area contributed by atoms with Gasteiger partial charge in [0.15, 0.2) is 0 Å². The van der Waals surface area contributed by atoms with E-state index in [4.69, 9.17) is 0 Å². The Morgan fingerprint density at radius 3 is 2.12 bits per heavy atom. The van der Waals surface area contributed by atoms with Gasteiger partial charge < -0.3 is 5.73 Å². The van der Waals surface area contributed by atoms with Crippen LogP contribution in [0.5, 0.6) is 0 Å². The molecule has 1 aliphatic carbocycles. The van der Waals surface area contributed by atoms with Crippen LogP contribution in [0.15, 0.2) is 91.2 Å². The van der Waals surface area contributed by atoms with Crippen molar-refractivity contribution in [3.8, 4) is 0 Å². The highest BCUT2D eigenvalue weighted by Gasteiger charge is 2.10. The first kappa shape index (κ1) is 19.8. The van der Waals surface area contributed by atoms with E-state index >= 15 is 0 Å². The minimum Gasteiger partial charge on any atom is -0.405 e. The summed E-state index contributed by atoms with van der Waals surface area (Å²) in [6, 6.07) is 20.0. The summed E-state index contributed by atoms with van der Waals surface area (Å²) in [5.74, 6) is 0.549. The zero-order chi connectivity index (χ0) is 18.6. The number of allylic oxidation sites excluding steroid dienone is 4. The lowest BCUT2D eigenvalue weighted by Crippen LogP contribution is -1.99. The summed E-state index contributed by atoms with van der Waals surface area (Å²) in [4.78, 5) is 0. The van der Waals surface area contributed by atoms with Crippen molar-refractivity contribution >= 4 is 0 Å². The molecule has 0 heterocycles. The van der Waals surface area contributed by atoms with Crippen LogP contribution in [0.2, 0.25) is 0 Å². The predicted molar refractivity (Wildman–Crippen MR) is 114 cm³/mol. The third-order valence-electron chi connectivity index (χ3n) is 4.67. The fourth-order valence-corrected chi connectivity index (χ4v) is 3.25. The van der Waals surface area contributed by atoms with Crippen molar-refractivity contribution < 1.29 is 0 Å². The second-order valence-corrected chi connectivity index (χ2v) is 6.69. The quantitative estimate of drug-likeness (QED) is 0.650. The number of hydrogen-bond donors (Lipinski definition) is 1. The van der Waals surface area contributed by atoms with Gasteiger partial charge in [-0.15, -0.1) is 0 Å². The molecule has 3 rings (SSSR count). The van der Waals surface area contributed by atoms with Gasteiger partial charge in [-0.25, -0.2) is 0 Å². The molecule has 1 nitrogen and oxygen atoms in total. The molecule has 0 bridgehead atoms. The predicted octanol–water partition coefficient (Wildman–Crippen LogP) is 6.33. The molecule has 0 aromatic heterocycles. The van der Waals surface area contributed by atoms with Crippen LogP contribution in [-0.2, 0) is 12.8 Å². The molecule has 2 aromatic rings. The van der Waals surface area contributed by atoms with Crippen LogP contribution < -0.4 is 5.73 Å². The molecular weight excluding hydrogens is 314 g/mol. The smallest absolute Gasteiger partial charge is 0.00559 e. The first-order chi connectivity index (χ1) is 12.8. The van der Waals surface area contributed by atoms with Gasteiger partial charge in [-0.1, -0.05) is 98.3 Å². The van der Waals surface area contributed by atoms with Crippen molar-refractivity contribution in [2.75, 3.05) is 0 Å². The van der Waals surface area contributed by atoms with Gasteiger partial charge in [0.05, 0.1) is 0 Å². The molecule has 0 fully saturated rings. The van der Waals surface area contributed by atoms with Crippen LogP contribution in [0.3, 0.4) is 0 Å². The summed E-state index contributed by atoms with van der Waals surface area (Å²) in [6.07, 6.45) is 14.2. The molecular formula is C25H31N. The third kappa shape index (κ3) is 6.40. The highest BCUT2D eigenvalue weighted by molar-refractivity contribution is 5.33. The molecule has 1 heteroatoms. The van der Waals surface area contributed by atoms with Gasteiger partial charge in [-0.2, -0.15) is 0 Å². The van der Waals surface area contributed by atoms with Crippen molar-refractivity contribution in [3.05, 3.63) is 108 Å². The molecule has 0 spiro atoms. The Hall–Kier alpha value is -2.54. The van der Waals surface area contributed by atoms with Crippen molar-refractivity contribution in [2.45, 2.75) is 44.9 Å². The average molecular weight is 346 g/mol. The van der Waals surface area contributed by atoms with E-state index in [1.807, 2.05) is 0 Å². The zero-order valence-electron chi connectivity index (χ0n) is 15.9. The summed E-state index contributed by atoms with van der Waals surface area (Å²) in [6.45, 7) is 5.37. The van der Waals surface area contributed by atoms with Gasteiger partial charge in [0, 0.05) is 5.92 Å². The maximum absolute atomic E-state index is 4.61. The van der Waals surface area contributed by atoms with E-state index in [2.05, 4.69) is 92.1 Å². The Morgan fingerprint density at radius 2 is 1.58 bits per heavy atom. The van der Waals surface area contributed by atoms with Gasteiger partial charge in [0.25, 0.3) is 0 Å². The summed E-state index contributed by atoms with van der Waals surface area (Å²) < 4.78 is 0. The van der Waals surface area contributed by atoms with Crippen LogP contribution in [0.1, 0.15) is 48.8 Å². The fourth-order valence-electron chi connectivity index (χ4n) is 3.25. The molecule has 0 aliphatic heterocycles. The topological polar surface area (TPSA) is 26.0 Å². The van der Waals surface area contributed by atoms with E-state index in [9.17, 15) is 0 Å². The lowest BCUT2D eigenvalue weighted by Gasteiger charge is -2.16. The first-order valence-corrected chi connectivity index (χ1v) is 9.59. The van der Waals surface area contributed by atoms with Crippen LogP contribution in [0, 0.1) is 0 Å². The molecule has 136 valence electrons. The highest BCUT2D eigenvalue weighted by Crippen LogP contribution is 2.28. The van der Waals surface area contributed by atoms with E-state index in [1.165, 1.54) is 41.3 Å². The SMILES string of the molecule is C=CN.CCCc1ccc(CCC2=CCC(c3ccccc3)C=C2)cc1. The number of hydrogen-bond acceptors (Lipinski definition) is 1. The van der Waals surface area contributed by atoms with E-state index in [0.29, 0.717) is 5.92 Å². The maximum Gasteiger partial charge on any atom is 0.00559 e. The molecule has 1 aliphatic rings. The molecule has 1 unspecified atom stereocenters. The lowest BCUT2D eigenvalue weighted by molar-refractivity contribution is 0.825. The van der Waals surface area contributed by atoms with Gasteiger partial charge in [-0.3, -0.25) is 0 Å². The summed E-state index contributed by atoms with van der Waals surface area (Å²) in [5, 5.41) is 0. The zero-order valence-corrected chi connectivity index (χ0v) is 15.9. The average Bonchev–Trinajstić information content (AvgIpc) is 2.69. The second kappa shape index (κ2) is 11.1.